The summed E-state index contributed by atoms with van der Waals surface area (Å²) in [4.78, 5) is 4.56. The molecule has 1 N–H and O–H groups in total. The van der Waals surface area contributed by atoms with Crippen LogP contribution in [0.15, 0.2) is 52.9 Å². The number of tetrazole rings is 1. The zero-order valence-corrected chi connectivity index (χ0v) is 18.9. The van der Waals surface area contributed by atoms with Crippen LogP contribution in [0, 0.1) is 12.7 Å². The van der Waals surface area contributed by atoms with Crippen molar-refractivity contribution in [3.05, 3.63) is 71.4 Å². The van der Waals surface area contributed by atoms with E-state index in [2.05, 4.69) is 25.6 Å². The van der Waals surface area contributed by atoms with Gasteiger partial charge in [-0.15, -0.1) is 10.2 Å². The third-order valence-electron chi connectivity index (χ3n) is 6.10. The molecule has 0 unspecified atom stereocenters. The maximum atomic E-state index is 13.2. The second kappa shape index (κ2) is 10.2. The second-order valence-electron chi connectivity index (χ2n) is 8.45. The molecule has 1 saturated carbocycles. The highest BCUT2D eigenvalue weighted by molar-refractivity contribution is 5.59. The van der Waals surface area contributed by atoms with E-state index in [1.807, 2.05) is 31.2 Å². The molecule has 0 amide bonds. The summed E-state index contributed by atoms with van der Waals surface area (Å²) in [5, 5.41) is 14.3. The Hall–Kier alpha value is -3.43. The van der Waals surface area contributed by atoms with Crippen molar-refractivity contribution in [2.45, 2.75) is 58.0 Å². The Morgan fingerprint density at radius 1 is 1.03 bits per heavy atom. The standard InChI is InChI=1S/C25H26FN5O3/c1-16-23(27-25(34-16)17-9-11-19(26)12-10-17)15-33-21-7-4-6-20(13-21)32-14-18-5-2-3-8-22(18)24-28-30-31-29-24/h2-3,5,8-12,20-21H,4,6-7,13-15H2,1H3,(H,28,29,30,31)/t20-,21+/m0/s1. The van der Waals surface area contributed by atoms with Crippen molar-refractivity contribution in [2.75, 3.05) is 0 Å². The molecule has 5 rings (SSSR count). The topological polar surface area (TPSA) is 99.0 Å². The van der Waals surface area contributed by atoms with Crippen LogP contribution in [0.5, 0.6) is 0 Å². The van der Waals surface area contributed by atoms with Crippen LogP contribution < -0.4 is 0 Å². The SMILES string of the molecule is Cc1oc(-c2ccc(F)cc2)nc1CO[C@@H]1CCC[C@H](OCc2ccccc2-c2nn[nH]n2)C1. The maximum absolute atomic E-state index is 13.2. The first kappa shape index (κ1) is 22.4. The minimum atomic E-state index is -0.289. The van der Waals surface area contributed by atoms with Gasteiger partial charge in [-0.05, 0) is 67.6 Å². The van der Waals surface area contributed by atoms with Gasteiger partial charge in [-0.3, -0.25) is 0 Å². The van der Waals surface area contributed by atoms with Gasteiger partial charge in [0.15, 0.2) is 0 Å². The zero-order valence-electron chi connectivity index (χ0n) is 18.9. The number of H-pyrrole nitrogens is 1. The average molecular weight is 464 g/mol. The lowest BCUT2D eigenvalue weighted by atomic mass is 9.94. The van der Waals surface area contributed by atoms with Gasteiger partial charge < -0.3 is 13.9 Å². The summed E-state index contributed by atoms with van der Waals surface area (Å²) in [6.45, 7) is 2.72. The Morgan fingerprint density at radius 3 is 2.56 bits per heavy atom. The minimum Gasteiger partial charge on any atom is -0.441 e. The molecular formula is C25H26FN5O3. The Bertz CT molecular complexity index is 1210. The van der Waals surface area contributed by atoms with Crippen LogP contribution in [0.4, 0.5) is 4.39 Å². The maximum Gasteiger partial charge on any atom is 0.226 e. The lowest BCUT2D eigenvalue weighted by Gasteiger charge is -2.29. The Morgan fingerprint density at radius 2 is 1.79 bits per heavy atom. The lowest BCUT2D eigenvalue weighted by molar-refractivity contribution is -0.0561. The number of hydrogen-bond donors (Lipinski definition) is 1. The van der Waals surface area contributed by atoms with Crippen molar-refractivity contribution in [1.82, 2.24) is 25.6 Å². The monoisotopic (exact) mass is 463 g/mol. The summed E-state index contributed by atoms with van der Waals surface area (Å²) in [5.74, 6) is 1.46. The van der Waals surface area contributed by atoms with Gasteiger partial charge in [0.25, 0.3) is 0 Å². The van der Waals surface area contributed by atoms with Crippen molar-refractivity contribution in [3.63, 3.8) is 0 Å². The number of nitrogens with zero attached hydrogens (tertiary/aromatic N) is 4. The molecule has 2 aromatic carbocycles. The summed E-state index contributed by atoms with van der Waals surface area (Å²) in [6.07, 6.45) is 4.07. The fourth-order valence-corrected chi connectivity index (χ4v) is 4.23. The number of aryl methyl sites for hydroxylation is 1. The molecule has 34 heavy (non-hydrogen) atoms. The molecule has 4 aromatic rings. The van der Waals surface area contributed by atoms with Crippen LogP contribution in [0.2, 0.25) is 0 Å². The van der Waals surface area contributed by atoms with Crippen LogP contribution in [0.3, 0.4) is 0 Å². The molecule has 1 fully saturated rings. The quantitative estimate of drug-likeness (QED) is 0.392. The molecule has 2 aromatic heterocycles. The van der Waals surface area contributed by atoms with E-state index >= 15 is 0 Å². The third-order valence-corrected chi connectivity index (χ3v) is 6.10. The van der Waals surface area contributed by atoms with Gasteiger partial charge >= 0.3 is 0 Å². The van der Waals surface area contributed by atoms with Gasteiger partial charge in [-0.2, -0.15) is 5.21 Å². The zero-order chi connectivity index (χ0) is 23.3. The number of ether oxygens (including phenoxy) is 2. The highest BCUT2D eigenvalue weighted by Gasteiger charge is 2.24. The lowest BCUT2D eigenvalue weighted by Crippen LogP contribution is -2.28. The molecule has 2 atom stereocenters. The Kier molecular flexibility index (Phi) is 6.73. The first-order valence-corrected chi connectivity index (χ1v) is 11.4. The first-order valence-electron chi connectivity index (χ1n) is 11.4. The normalized spacial score (nSPS) is 18.3. The summed E-state index contributed by atoms with van der Waals surface area (Å²) in [6, 6.07) is 14.0. The Labute approximate surface area is 196 Å². The van der Waals surface area contributed by atoms with Crippen LogP contribution in [-0.4, -0.2) is 37.8 Å². The fourth-order valence-electron chi connectivity index (χ4n) is 4.23. The van der Waals surface area contributed by atoms with Crippen LogP contribution in [0.25, 0.3) is 22.8 Å². The molecule has 2 heterocycles. The van der Waals surface area contributed by atoms with Gasteiger partial charge in [0.2, 0.25) is 11.7 Å². The van der Waals surface area contributed by atoms with Crippen LogP contribution in [-0.2, 0) is 22.7 Å². The number of benzene rings is 2. The van der Waals surface area contributed by atoms with E-state index in [0.717, 1.165) is 48.1 Å². The van der Waals surface area contributed by atoms with Crippen molar-refractivity contribution in [1.29, 1.82) is 0 Å². The van der Waals surface area contributed by atoms with Crippen molar-refractivity contribution < 1.29 is 18.3 Å². The largest absolute Gasteiger partial charge is 0.441 e. The number of aromatic amines is 1. The Balaban J connectivity index is 1.16. The molecule has 0 spiro atoms. The predicted octanol–water partition coefficient (Wildman–Crippen LogP) is 5.01. The third kappa shape index (κ3) is 5.21. The molecule has 8 nitrogen and oxygen atoms in total. The van der Waals surface area contributed by atoms with Gasteiger partial charge in [0.05, 0.1) is 25.4 Å². The molecular weight excluding hydrogens is 437 g/mol. The van der Waals surface area contributed by atoms with Gasteiger partial charge in [0.1, 0.15) is 17.3 Å². The summed E-state index contributed by atoms with van der Waals surface area (Å²) >= 11 is 0. The van der Waals surface area contributed by atoms with Crippen molar-refractivity contribution in [3.8, 4) is 22.8 Å². The van der Waals surface area contributed by atoms with Crippen molar-refractivity contribution >= 4 is 0 Å². The fraction of sp³-hybridized carbons (Fsp3) is 0.360. The van der Waals surface area contributed by atoms with Gasteiger partial charge in [-0.1, -0.05) is 24.3 Å². The number of aromatic nitrogens is 5. The number of rotatable bonds is 8. The van der Waals surface area contributed by atoms with E-state index in [1.54, 1.807) is 12.1 Å². The van der Waals surface area contributed by atoms with Crippen molar-refractivity contribution in [2.24, 2.45) is 0 Å². The van der Waals surface area contributed by atoms with E-state index in [9.17, 15) is 4.39 Å². The highest BCUT2D eigenvalue weighted by Crippen LogP contribution is 2.28. The number of nitrogens with one attached hydrogen (secondary N) is 1. The van der Waals surface area contributed by atoms with E-state index < -0.39 is 0 Å². The molecule has 0 aliphatic heterocycles. The summed E-state index contributed by atoms with van der Waals surface area (Å²) < 4.78 is 31.4. The summed E-state index contributed by atoms with van der Waals surface area (Å²) in [7, 11) is 0. The highest BCUT2D eigenvalue weighted by atomic mass is 19.1. The molecule has 0 saturated heterocycles. The molecule has 176 valence electrons. The van der Waals surface area contributed by atoms with E-state index in [0.29, 0.717) is 30.7 Å². The number of halogens is 1. The second-order valence-corrected chi connectivity index (χ2v) is 8.45. The smallest absolute Gasteiger partial charge is 0.226 e. The van der Waals surface area contributed by atoms with Crippen LogP contribution >= 0.6 is 0 Å². The first-order chi connectivity index (χ1) is 16.7. The number of hydrogen-bond acceptors (Lipinski definition) is 7. The average Bonchev–Trinajstić information content (AvgIpc) is 3.53. The molecule has 0 bridgehead atoms. The molecule has 1 aliphatic rings. The van der Waals surface area contributed by atoms with Gasteiger partial charge in [0, 0.05) is 11.1 Å². The minimum absolute atomic E-state index is 0.0940. The van der Waals surface area contributed by atoms with E-state index in [4.69, 9.17) is 13.9 Å². The van der Waals surface area contributed by atoms with Crippen LogP contribution in [0.1, 0.15) is 42.7 Å². The molecule has 1 aliphatic carbocycles. The van der Waals surface area contributed by atoms with Gasteiger partial charge in [-0.25, -0.2) is 9.37 Å². The molecule has 0 radical (unpaired) electrons. The van der Waals surface area contributed by atoms with E-state index in [1.165, 1.54) is 12.1 Å². The van der Waals surface area contributed by atoms with E-state index in [-0.39, 0.29) is 18.0 Å². The number of oxazole rings is 1. The summed E-state index contributed by atoms with van der Waals surface area (Å²) in [5.41, 5.74) is 3.44. The predicted molar refractivity (Wildman–Crippen MR) is 122 cm³/mol. The molecule has 9 heteroatoms.